The van der Waals surface area contributed by atoms with E-state index in [9.17, 15) is 8.42 Å². The molecule has 0 unspecified atom stereocenters. The second-order valence-electron chi connectivity index (χ2n) is 6.41. The Morgan fingerprint density at radius 1 is 1.14 bits per heavy atom. The topological polar surface area (TPSA) is 65.5 Å². The van der Waals surface area contributed by atoms with Crippen LogP contribution in [0.5, 0.6) is 0 Å². The van der Waals surface area contributed by atoms with E-state index in [0.29, 0.717) is 26.2 Å². The van der Waals surface area contributed by atoms with Crippen LogP contribution < -0.4 is 10.2 Å². The standard InChI is InChI=1S/C14H24N4O2S/c1-14(2,3)16-12-6-5-7-13(15-12)17-8-10-18(11-9-17)21(4,19)20/h5-7H,8-11H2,1-4H3,(H,15,16). The van der Waals surface area contributed by atoms with Gasteiger partial charge in [0.05, 0.1) is 6.26 Å². The van der Waals surface area contributed by atoms with E-state index in [2.05, 4.69) is 36.0 Å². The van der Waals surface area contributed by atoms with E-state index < -0.39 is 10.0 Å². The number of sulfonamides is 1. The SMILES string of the molecule is CC(C)(C)Nc1cccc(N2CCN(S(C)(=O)=O)CC2)n1. The molecular formula is C14H24N4O2S. The Hall–Kier alpha value is -1.34. The Labute approximate surface area is 127 Å². The lowest BCUT2D eigenvalue weighted by atomic mass is 10.1. The Morgan fingerprint density at radius 3 is 2.29 bits per heavy atom. The lowest BCUT2D eigenvalue weighted by molar-refractivity contribution is 0.387. The predicted molar refractivity (Wildman–Crippen MR) is 86.2 cm³/mol. The van der Waals surface area contributed by atoms with Gasteiger partial charge in [-0.2, -0.15) is 4.31 Å². The van der Waals surface area contributed by atoms with Gasteiger partial charge in [-0.3, -0.25) is 0 Å². The van der Waals surface area contributed by atoms with E-state index >= 15 is 0 Å². The van der Waals surface area contributed by atoms with Crippen LogP contribution in [0.15, 0.2) is 18.2 Å². The molecule has 21 heavy (non-hydrogen) atoms. The van der Waals surface area contributed by atoms with Crippen molar-refractivity contribution in [2.24, 2.45) is 0 Å². The zero-order valence-corrected chi connectivity index (χ0v) is 13.9. The molecule has 0 bridgehead atoms. The molecule has 1 N–H and O–H groups in total. The maximum Gasteiger partial charge on any atom is 0.211 e. The second kappa shape index (κ2) is 5.81. The predicted octanol–water partition coefficient (Wildman–Crippen LogP) is 1.37. The minimum Gasteiger partial charge on any atom is -0.365 e. The fraction of sp³-hybridized carbons (Fsp3) is 0.643. The Balaban J connectivity index is 2.05. The number of aromatic nitrogens is 1. The quantitative estimate of drug-likeness (QED) is 0.913. The molecule has 1 aromatic heterocycles. The summed E-state index contributed by atoms with van der Waals surface area (Å²) in [4.78, 5) is 6.74. The van der Waals surface area contributed by atoms with E-state index in [1.54, 1.807) is 0 Å². The molecule has 0 atom stereocenters. The molecule has 0 aliphatic carbocycles. The summed E-state index contributed by atoms with van der Waals surface area (Å²) in [5.74, 6) is 1.72. The molecule has 118 valence electrons. The molecule has 1 aliphatic heterocycles. The van der Waals surface area contributed by atoms with Crippen molar-refractivity contribution in [3.8, 4) is 0 Å². The minimum absolute atomic E-state index is 0.0411. The molecule has 1 aromatic rings. The van der Waals surface area contributed by atoms with Gasteiger partial charge in [0.1, 0.15) is 11.6 Å². The zero-order valence-electron chi connectivity index (χ0n) is 13.1. The summed E-state index contributed by atoms with van der Waals surface area (Å²) in [5, 5.41) is 3.35. The fourth-order valence-electron chi connectivity index (χ4n) is 2.30. The highest BCUT2D eigenvalue weighted by atomic mass is 32.2. The Kier molecular flexibility index (Phi) is 4.43. The van der Waals surface area contributed by atoms with Crippen LogP contribution in [-0.2, 0) is 10.0 Å². The van der Waals surface area contributed by atoms with E-state index in [-0.39, 0.29) is 5.54 Å². The van der Waals surface area contributed by atoms with Gasteiger partial charge in [-0.15, -0.1) is 0 Å². The number of piperazine rings is 1. The summed E-state index contributed by atoms with van der Waals surface area (Å²) < 4.78 is 24.6. The first-order valence-corrected chi connectivity index (χ1v) is 8.95. The van der Waals surface area contributed by atoms with Crippen LogP contribution in [0.4, 0.5) is 11.6 Å². The summed E-state index contributed by atoms with van der Waals surface area (Å²) in [6, 6.07) is 5.88. The van der Waals surface area contributed by atoms with Gasteiger partial charge in [-0.05, 0) is 32.9 Å². The second-order valence-corrected chi connectivity index (χ2v) is 8.39. The molecular weight excluding hydrogens is 288 g/mol. The number of nitrogens with one attached hydrogen (secondary N) is 1. The highest BCUT2D eigenvalue weighted by Gasteiger charge is 2.24. The van der Waals surface area contributed by atoms with Crippen molar-refractivity contribution < 1.29 is 8.42 Å². The van der Waals surface area contributed by atoms with Crippen molar-refractivity contribution in [3.05, 3.63) is 18.2 Å². The van der Waals surface area contributed by atoms with Crippen LogP contribution in [-0.4, -0.2) is 55.7 Å². The molecule has 2 heterocycles. The highest BCUT2D eigenvalue weighted by Crippen LogP contribution is 2.19. The van der Waals surface area contributed by atoms with Crippen LogP contribution in [0.2, 0.25) is 0 Å². The van der Waals surface area contributed by atoms with E-state index in [1.165, 1.54) is 10.6 Å². The van der Waals surface area contributed by atoms with Crippen molar-refractivity contribution >= 4 is 21.7 Å². The highest BCUT2D eigenvalue weighted by molar-refractivity contribution is 7.88. The van der Waals surface area contributed by atoms with Crippen LogP contribution in [0.25, 0.3) is 0 Å². The normalized spacial score (nSPS) is 17.8. The summed E-state index contributed by atoms with van der Waals surface area (Å²) in [5.41, 5.74) is -0.0411. The molecule has 0 radical (unpaired) electrons. The monoisotopic (exact) mass is 312 g/mol. The van der Waals surface area contributed by atoms with Gasteiger partial charge >= 0.3 is 0 Å². The van der Waals surface area contributed by atoms with Gasteiger partial charge in [-0.1, -0.05) is 6.07 Å². The van der Waals surface area contributed by atoms with Crippen molar-refractivity contribution in [1.29, 1.82) is 0 Å². The summed E-state index contributed by atoms with van der Waals surface area (Å²) >= 11 is 0. The fourth-order valence-corrected chi connectivity index (χ4v) is 3.13. The molecule has 7 heteroatoms. The smallest absolute Gasteiger partial charge is 0.211 e. The summed E-state index contributed by atoms with van der Waals surface area (Å²) in [6.45, 7) is 8.62. The third-order valence-electron chi connectivity index (χ3n) is 3.27. The van der Waals surface area contributed by atoms with Crippen LogP contribution >= 0.6 is 0 Å². The lowest BCUT2D eigenvalue weighted by Crippen LogP contribution is -2.48. The first kappa shape index (κ1) is 16.0. The summed E-state index contributed by atoms with van der Waals surface area (Å²) in [6.07, 6.45) is 1.26. The number of nitrogens with zero attached hydrogens (tertiary/aromatic N) is 3. The molecule has 0 spiro atoms. The molecule has 1 aliphatic rings. The molecule has 1 fully saturated rings. The Morgan fingerprint density at radius 2 is 1.76 bits per heavy atom. The molecule has 0 amide bonds. The number of hydrogen-bond acceptors (Lipinski definition) is 5. The third kappa shape index (κ3) is 4.57. The number of anilines is 2. The van der Waals surface area contributed by atoms with Gasteiger partial charge in [0.25, 0.3) is 0 Å². The average Bonchev–Trinajstić information content (AvgIpc) is 2.36. The van der Waals surface area contributed by atoms with Crippen LogP contribution in [0, 0.1) is 0 Å². The molecule has 0 aromatic carbocycles. The zero-order chi connectivity index (χ0) is 15.7. The summed E-state index contributed by atoms with van der Waals surface area (Å²) in [7, 11) is -3.09. The van der Waals surface area contributed by atoms with Crippen molar-refractivity contribution in [2.45, 2.75) is 26.3 Å². The number of hydrogen-bond donors (Lipinski definition) is 1. The van der Waals surface area contributed by atoms with Crippen LogP contribution in [0.1, 0.15) is 20.8 Å². The van der Waals surface area contributed by atoms with Gasteiger partial charge in [0, 0.05) is 31.7 Å². The minimum atomic E-state index is -3.09. The average molecular weight is 312 g/mol. The number of pyridine rings is 1. The molecule has 2 rings (SSSR count). The van der Waals surface area contributed by atoms with Gasteiger partial charge in [0.15, 0.2) is 0 Å². The maximum absolute atomic E-state index is 11.5. The first-order chi connectivity index (χ1) is 9.65. The van der Waals surface area contributed by atoms with Crippen molar-refractivity contribution in [3.63, 3.8) is 0 Å². The van der Waals surface area contributed by atoms with Crippen LogP contribution in [0.3, 0.4) is 0 Å². The van der Waals surface area contributed by atoms with Crippen molar-refractivity contribution in [1.82, 2.24) is 9.29 Å². The third-order valence-corrected chi connectivity index (χ3v) is 4.57. The van der Waals surface area contributed by atoms with E-state index in [4.69, 9.17) is 0 Å². The largest absolute Gasteiger partial charge is 0.365 e. The van der Waals surface area contributed by atoms with Gasteiger partial charge in [0.2, 0.25) is 10.0 Å². The van der Waals surface area contributed by atoms with Gasteiger partial charge < -0.3 is 10.2 Å². The molecule has 1 saturated heterocycles. The van der Waals surface area contributed by atoms with Crippen molar-refractivity contribution in [2.75, 3.05) is 42.7 Å². The number of rotatable bonds is 3. The Bertz CT molecular complexity index is 587. The van der Waals surface area contributed by atoms with E-state index in [1.807, 2.05) is 18.2 Å². The lowest BCUT2D eigenvalue weighted by Gasteiger charge is -2.34. The van der Waals surface area contributed by atoms with E-state index in [0.717, 1.165) is 11.6 Å². The molecule has 6 nitrogen and oxygen atoms in total. The molecule has 0 saturated carbocycles. The first-order valence-electron chi connectivity index (χ1n) is 7.10. The van der Waals surface area contributed by atoms with Gasteiger partial charge in [-0.25, -0.2) is 13.4 Å². The maximum atomic E-state index is 11.5.